The number of aryl methyl sites for hydroxylation is 1. The molecule has 1 aliphatic rings. The van der Waals surface area contributed by atoms with Crippen LogP contribution in [0.1, 0.15) is 24.0 Å². The fraction of sp³-hybridized carbons (Fsp3) is 0.269. The molecule has 1 aliphatic heterocycles. The van der Waals surface area contributed by atoms with Crippen LogP contribution in [0, 0.1) is 18.3 Å². The molecule has 2 N–H and O–H groups in total. The lowest BCUT2D eigenvalue weighted by Crippen LogP contribution is -2.29. The predicted octanol–water partition coefficient (Wildman–Crippen LogP) is 5.56. The summed E-state index contributed by atoms with van der Waals surface area (Å²) >= 11 is 13.4. The van der Waals surface area contributed by atoms with Crippen molar-refractivity contribution in [1.82, 2.24) is 5.32 Å². The number of hydrogen-bond acceptors (Lipinski definition) is 7. The van der Waals surface area contributed by atoms with Crippen LogP contribution in [0.25, 0.3) is 0 Å². The number of rotatable bonds is 9. The van der Waals surface area contributed by atoms with Crippen LogP contribution in [0.3, 0.4) is 0 Å². The van der Waals surface area contributed by atoms with Gasteiger partial charge in [0.05, 0.1) is 40.5 Å². The van der Waals surface area contributed by atoms with E-state index in [4.69, 9.17) is 32.7 Å². The monoisotopic (exact) mass is 545 g/mol. The first-order chi connectivity index (χ1) is 17.2. The number of amides is 1. The number of carbonyl (C=O) groups excluding carboxylic acids is 2. The molecule has 0 saturated heterocycles. The van der Waals surface area contributed by atoms with Gasteiger partial charge in [0.15, 0.2) is 0 Å². The van der Waals surface area contributed by atoms with Gasteiger partial charge in [-0.1, -0.05) is 53.2 Å². The highest BCUT2D eigenvalue weighted by atomic mass is 35.5. The molecule has 0 spiro atoms. The van der Waals surface area contributed by atoms with Crippen molar-refractivity contribution in [2.24, 2.45) is 0 Å². The molecule has 3 rings (SSSR count). The maximum absolute atomic E-state index is 13.0. The second-order valence-electron chi connectivity index (χ2n) is 7.93. The minimum absolute atomic E-state index is 0.0350. The largest absolute Gasteiger partial charge is 0.460 e. The van der Waals surface area contributed by atoms with Gasteiger partial charge in [0.1, 0.15) is 6.61 Å². The van der Waals surface area contributed by atoms with E-state index in [0.717, 1.165) is 5.56 Å². The van der Waals surface area contributed by atoms with Gasteiger partial charge in [-0.05, 0) is 49.2 Å². The number of nitrogens with one attached hydrogen (secondary N) is 2. The van der Waals surface area contributed by atoms with Crippen molar-refractivity contribution >= 4 is 52.5 Å². The van der Waals surface area contributed by atoms with E-state index in [0.29, 0.717) is 43.2 Å². The van der Waals surface area contributed by atoms with E-state index in [2.05, 4.69) is 16.7 Å². The molecule has 2 aromatic carbocycles. The van der Waals surface area contributed by atoms with E-state index in [-0.39, 0.29) is 24.9 Å². The van der Waals surface area contributed by atoms with Crippen LogP contribution in [0.15, 0.2) is 64.3 Å². The SMILES string of the molecule is COCCOC(=O)C1=C(C)NC(SCC(=O)Nc2ccc(C)c(Cl)c2)=C(C#N)[C@H]1c1ccc(Cl)cc1. The topological polar surface area (TPSA) is 100 Å². The Kier molecular flexibility index (Phi) is 9.85. The first-order valence-electron chi connectivity index (χ1n) is 11.0. The highest BCUT2D eigenvalue weighted by Gasteiger charge is 2.35. The number of ether oxygens (including phenoxy) is 2. The van der Waals surface area contributed by atoms with Gasteiger partial charge in [-0.15, -0.1) is 0 Å². The molecule has 0 saturated carbocycles. The van der Waals surface area contributed by atoms with Gasteiger partial charge in [-0.25, -0.2) is 4.79 Å². The number of benzene rings is 2. The minimum Gasteiger partial charge on any atom is -0.460 e. The zero-order chi connectivity index (χ0) is 26.2. The highest BCUT2D eigenvalue weighted by molar-refractivity contribution is 8.03. The van der Waals surface area contributed by atoms with Crippen molar-refractivity contribution in [3.05, 3.63) is 85.5 Å². The molecule has 0 fully saturated rings. The van der Waals surface area contributed by atoms with Gasteiger partial charge in [0.25, 0.3) is 0 Å². The second-order valence-corrected chi connectivity index (χ2v) is 9.76. The highest BCUT2D eigenvalue weighted by Crippen LogP contribution is 2.41. The Morgan fingerprint density at radius 2 is 1.86 bits per heavy atom. The van der Waals surface area contributed by atoms with Crippen molar-refractivity contribution in [3.63, 3.8) is 0 Å². The molecule has 7 nitrogen and oxygen atoms in total. The lowest BCUT2D eigenvalue weighted by Gasteiger charge is -2.29. The molecule has 2 aromatic rings. The summed E-state index contributed by atoms with van der Waals surface area (Å²) in [6, 6.07) is 14.4. The quantitative estimate of drug-likeness (QED) is 0.314. The average molecular weight is 546 g/mol. The van der Waals surface area contributed by atoms with Crippen molar-refractivity contribution < 1.29 is 19.1 Å². The number of nitriles is 1. The Morgan fingerprint density at radius 3 is 2.50 bits per heavy atom. The summed E-state index contributed by atoms with van der Waals surface area (Å²) in [6.07, 6.45) is 0. The molecule has 1 heterocycles. The van der Waals surface area contributed by atoms with E-state index in [9.17, 15) is 14.9 Å². The lowest BCUT2D eigenvalue weighted by atomic mass is 9.82. The van der Waals surface area contributed by atoms with E-state index in [1.165, 1.54) is 18.9 Å². The fourth-order valence-electron chi connectivity index (χ4n) is 3.59. The maximum Gasteiger partial charge on any atom is 0.336 e. The van der Waals surface area contributed by atoms with Crippen LogP contribution in [-0.4, -0.2) is 38.0 Å². The third-order valence-electron chi connectivity index (χ3n) is 5.39. The number of halogens is 2. The number of carbonyl (C=O) groups is 2. The first-order valence-corrected chi connectivity index (χ1v) is 12.7. The molecule has 0 unspecified atom stereocenters. The number of hydrogen-bond donors (Lipinski definition) is 2. The van der Waals surface area contributed by atoms with Crippen molar-refractivity contribution in [1.29, 1.82) is 5.26 Å². The number of nitrogens with zero attached hydrogens (tertiary/aromatic N) is 1. The Hall–Kier alpha value is -2.96. The van der Waals surface area contributed by atoms with E-state index < -0.39 is 11.9 Å². The van der Waals surface area contributed by atoms with Crippen LogP contribution in [0.5, 0.6) is 0 Å². The summed E-state index contributed by atoms with van der Waals surface area (Å²) in [5, 5.41) is 17.6. The summed E-state index contributed by atoms with van der Waals surface area (Å²) in [6.45, 7) is 3.94. The Bertz CT molecular complexity index is 1250. The zero-order valence-corrected chi connectivity index (χ0v) is 22.3. The number of allylic oxidation sites excluding steroid dienone is 2. The van der Waals surface area contributed by atoms with E-state index >= 15 is 0 Å². The second kappa shape index (κ2) is 12.8. The Morgan fingerprint density at radius 1 is 1.14 bits per heavy atom. The molecule has 36 heavy (non-hydrogen) atoms. The van der Waals surface area contributed by atoms with Gasteiger partial charge >= 0.3 is 5.97 Å². The summed E-state index contributed by atoms with van der Waals surface area (Å²) in [7, 11) is 1.51. The molecule has 0 radical (unpaired) electrons. The summed E-state index contributed by atoms with van der Waals surface area (Å²) in [4.78, 5) is 25.6. The number of methoxy groups -OCH3 is 1. The predicted molar refractivity (Wildman–Crippen MR) is 143 cm³/mol. The molecule has 188 valence electrons. The average Bonchev–Trinajstić information content (AvgIpc) is 2.85. The summed E-state index contributed by atoms with van der Waals surface area (Å²) in [5.74, 6) is -1.47. The number of dihydropyridines is 1. The molecular formula is C26H25Cl2N3O4S. The number of esters is 1. The Balaban J connectivity index is 1.86. The van der Waals surface area contributed by atoms with Gasteiger partial charge in [-0.2, -0.15) is 5.26 Å². The lowest BCUT2D eigenvalue weighted by molar-refractivity contribution is -0.140. The van der Waals surface area contributed by atoms with Gasteiger partial charge in [0, 0.05) is 28.5 Å². The van der Waals surface area contributed by atoms with Gasteiger partial charge in [0.2, 0.25) is 5.91 Å². The third kappa shape index (κ3) is 6.83. The Labute approximate surface area is 224 Å². The molecule has 0 bridgehead atoms. The molecule has 1 atom stereocenters. The zero-order valence-electron chi connectivity index (χ0n) is 20.0. The van der Waals surface area contributed by atoms with E-state index in [1.807, 2.05) is 13.0 Å². The maximum atomic E-state index is 13.0. The molecule has 0 aliphatic carbocycles. The smallest absolute Gasteiger partial charge is 0.336 e. The van der Waals surface area contributed by atoms with Crippen molar-refractivity contribution in [2.75, 3.05) is 31.4 Å². The standard InChI is InChI=1S/C26H25Cl2N3O4S/c1-15-4-9-19(12-21(15)28)31-22(32)14-36-25-20(13-29)24(17-5-7-18(27)8-6-17)23(16(2)30-25)26(33)35-11-10-34-3/h4-9,12,24,30H,10-11,14H2,1-3H3,(H,31,32)/t24-/m1/s1. The minimum atomic E-state index is -0.690. The van der Waals surface area contributed by atoms with Crippen LogP contribution < -0.4 is 10.6 Å². The number of anilines is 1. The van der Waals surface area contributed by atoms with Crippen LogP contribution >= 0.6 is 35.0 Å². The molecule has 0 aromatic heterocycles. The fourth-order valence-corrected chi connectivity index (χ4v) is 4.78. The first kappa shape index (κ1) is 27.6. The van der Waals surface area contributed by atoms with Gasteiger partial charge < -0.3 is 20.1 Å². The molecule has 1 amide bonds. The molecule has 10 heteroatoms. The van der Waals surface area contributed by atoms with Crippen LogP contribution in [-0.2, 0) is 19.1 Å². The van der Waals surface area contributed by atoms with Gasteiger partial charge in [-0.3, -0.25) is 4.79 Å². The normalized spacial score (nSPS) is 15.3. The molecular weight excluding hydrogens is 521 g/mol. The third-order valence-corrected chi connectivity index (χ3v) is 7.07. The van der Waals surface area contributed by atoms with E-state index in [1.54, 1.807) is 43.3 Å². The summed E-state index contributed by atoms with van der Waals surface area (Å²) < 4.78 is 10.3. The summed E-state index contributed by atoms with van der Waals surface area (Å²) in [5.41, 5.74) is 3.34. The van der Waals surface area contributed by atoms with Crippen molar-refractivity contribution in [2.45, 2.75) is 19.8 Å². The number of thioether (sulfide) groups is 1. The van der Waals surface area contributed by atoms with Crippen LogP contribution in [0.4, 0.5) is 5.69 Å². The van der Waals surface area contributed by atoms with Crippen molar-refractivity contribution in [3.8, 4) is 6.07 Å². The van der Waals surface area contributed by atoms with Crippen LogP contribution in [0.2, 0.25) is 10.0 Å².